The predicted molar refractivity (Wildman–Crippen MR) is 88.8 cm³/mol. The average Bonchev–Trinajstić information content (AvgIpc) is 2.55. The summed E-state index contributed by atoms with van der Waals surface area (Å²) in [4.78, 5) is 4.68. The fraction of sp³-hybridized carbons (Fsp3) is 0. The van der Waals surface area contributed by atoms with Crippen molar-refractivity contribution in [2.24, 2.45) is 0 Å². The molecule has 2 nitrogen and oxygen atoms in total. The number of anilines is 1. The molecule has 0 spiro atoms. The molecule has 0 aliphatic carbocycles. The monoisotopic (exact) mass is 270 g/mol. The third-order valence-corrected chi connectivity index (χ3v) is 3.61. The lowest BCUT2D eigenvalue weighted by Gasteiger charge is -2.15. The lowest BCUT2D eigenvalue weighted by molar-refractivity contribution is 1.35. The summed E-state index contributed by atoms with van der Waals surface area (Å²) >= 11 is 0. The van der Waals surface area contributed by atoms with E-state index in [1.54, 1.807) is 0 Å². The summed E-state index contributed by atoms with van der Waals surface area (Å²) in [5, 5.41) is 4.59. The molecule has 21 heavy (non-hydrogen) atoms. The summed E-state index contributed by atoms with van der Waals surface area (Å²) in [7, 11) is 0. The summed E-state index contributed by atoms with van der Waals surface area (Å²) in [5.74, 6) is 0. The van der Waals surface area contributed by atoms with Crippen LogP contribution in [0.1, 0.15) is 11.3 Å². The Hall–Kier alpha value is -2.87. The molecule has 1 aliphatic rings. The SMILES string of the molecule is C1=Cc2ccccc2NC1=Cc1ccc2ccccc2n1. The van der Waals surface area contributed by atoms with E-state index in [4.69, 9.17) is 0 Å². The minimum Gasteiger partial charge on any atom is -0.355 e. The number of nitrogens with zero attached hydrogens (tertiary/aromatic N) is 1. The minimum absolute atomic E-state index is 0.959. The van der Waals surface area contributed by atoms with Crippen LogP contribution in [-0.2, 0) is 0 Å². The molecule has 0 amide bonds. The number of hydrogen-bond acceptors (Lipinski definition) is 2. The maximum Gasteiger partial charge on any atom is 0.0709 e. The summed E-state index contributed by atoms with van der Waals surface area (Å²) in [6.07, 6.45) is 6.27. The highest BCUT2D eigenvalue weighted by Crippen LogP contribution is 2.25. The third-order valence-electron chi connectivity index (χ3n) is 3.61. The Labute approximate surface area is 123 Å². The lowest BCUT2D eigenvalue weighted by atomic mass is 10.1. The second kappa shape index (κ2) is 4.91. The highest BCUT2D eigenvalue weighted by Gasteiger charge is 2.06. The largest absolute Gasteiger partial charge is 0.355 e. The first-order valence-electron chi connectivity index (χ1n) is 7.00. The van der Waals surface area contributed by atoms with Gasteiger partial charge in [0.05, 0.1) is 11.2 Å². The highest BCUT2D eigenvalue weighted by atomic mass is 14.9. The Kier molecular flexibility index (Phi) is 2.79. The second-order valence-electron chi connectivity index (χ2n) is 5.07. The zero-order chi connectivity index (χ0) is 14.1. The smallest absolute Gasteiger partial charge is 0.0709 e. The quantitative estimate of drug-likeness (QED) is 0.692. The number of rotatable bonds is 1. The number of nitrogens with one attached hydrogen (secondary N) is 1. The molecule has 0 bridgehead atoms. The highest BCUT2D eigenvalue weighted by molar-refractivity contribution is 5.81. The van der Waals surface area contributed by atoms with Crippen molar-refractivity contribution in [1.82, 2.24) is 4.98 Å². The van der Waals surface area contributed by atoms with Crippen molar-refractivity contribution >= 4 is 28.7 Å². The van der Waals surface area contributed by atoms with Crippen molar-refractivity contribution in [2.45, 2.75) is 0 Å². The van der Waals surface area contributed by atoms with Gasteiger partial charge in [0.15, 0.2) is 0 Å². The Bertz CT molecular complexity index is 875. The Balaban J connectivity index is 1.71. The van der Waals surface area contributed by atoms with Crippen LogP contribution in [0.3, 0.4) is 0 Å². The molecule has 1 N–H and O–H groups in total. The summed E-state index contributed by atoms with van der Waals surface area (Å²) in [6, 6.07) is 20.6. The lowest BCUT2D eigenvalue weighted by Crippen LogP contribution is -2.02. The van der Waals surface area contributed by atoms with E-state index in [1.807, 2.05) is 36.4 Å². The number of benzene rings is 2. The van der Waals surface area contributed by atoms with Crippen LogP contribution in [0, 0.1) is 0 Å². The molecule has 0 unspecified atom stereocenters. The predicted octanol–water partition coefficient (Wildman–Crippen LogP) is 4.71. The van der Waals surface area contributed by atoms with Crippen molar-refractivity contribution < 1.29 is 0 Å². The minimum atomic E-state index is 0.959. The molecule has 2 heteroatoms. The van der Waals surface area contributed by atoms with Gasteiger partial charge in [-0.2, -0.15) is 0 Å². The number of fused-ring (bicyclic) bond motifs is 2. The van der Waals surface area contributed by atoms with Crippen molar-refractivity contribution in [3.8, 4) is 0 Å². The van der Waals surface area contributed by atoms with E-state index in [0.717, 1.165) is 28.0 Å². The van der Waals surface area contributed by atoms with E-state index in [1.165, 1.54) is 5.56 Å². The van der Waals surface area contributed by atoms with Crippen molar-refractivity contribution in [3.63, 3.8) is 0 Å². The first-order chi connectivity index (χ1) is 10.4. The van der Waals surface area contributed by atoms with E-state index in [2.05, 4.69) is 52.8 Å². The first-order valence-corrected chi connectivity index (χ1v) is 7.00. The van der Waals surface area contributed by atoms with Crippen molar-refractivity contribution in [3.05, 3.63) is 83.7 Å². The van der Waals surface area contributed by atoms with E-state index in [-0.39, 0.29) is 0 Å². The third kappa shape index (κ3) is 2.32. The van der Waals surface area contributed by atoms with Gasteiger partial charge in [0.25, 0.3) is 0 Å². The molecule has 0 saturated carbocycles. The molecule has 0 radical (unpaired) electrons. The van der Waals surface area contributed by atoms with Crippen LogP contribution >= 0.6 is 0 Å². The molecule has 0 saturated heterocycles. The topological polar surface area (TPSA) is 24.9 Å². The number of pyridine rings is 1. The van der Waals surface area contributed by atoms with Crippen LogP contribution in [0.2, 0.25) is 0 Å². The van der Waals surface area contributed by atoms with Gasteiger partial charge in [-0.05, 0) is 35.9 Å². The zero-order valence-electron chi connectivity index (χ0n) is 11.5. The molecule has 100 valence electrons. The summed E-state index contributed by atoms with van der Waals surface area (Å²) in [6.45, 7) is 0. The van der Waals surface area contributed by atoms with Gasteiger partial charge in [-0.25, -0.2) is 4.98 Å². The summed E-state index contributed by atoms with van der Waals surface area (Å²) in [5.41, 5.74) is 5.37. The van der Waals surface area contributed by atoms with Crippen molar-refractivity contribution in [1.29, 1.82) is 0 Å². The maximum absolute atomic E-state index is 4.68. The van der Waals surface area contributed by atoms with Crippen LogP contribution in [0.25, 0.3) is 23.1 Å². The molecule has 1 aromatic heterocycles. The number of hydrogen-bond donors (Lipinski definition) is 1. The number of aromatic nitrogens is 1. The molecule has 2 heterocycles. The standard InChI is InChI=1S/C19H14N2/c1-3-7-18-14(5-1)9-11-16(20-18)13-17-12-10-15-6-2-4-8-19(15)21-17/h1-13,20H. The maximum atomic E-state index is 4.68. The Morgan fingerprint density at radius 1 is 0.810 bits per heavy atom. The van der Waals surface area contributed by atoms with Gasteiger partial charge in [-0.1, -0.05) is 48.5 Å². The summed E-state index contributed by atoms with van der Waals surface area (Å²) < 4.78 is 0. The molecular formula is C19H14N2. The van der Waals surface area contributed by atoms with Gasteiger partial charge in [-0.3, -0.25) is 0 Å². The molecule has 0 fully saturated rings. The van der Waals surface area contributed by atoms with Crippen LogP contribution < -0.4 is 5.32 Å². The van der Waals surface area contributed by atoms with E-state index >= 15 is 0 Å². The van der Waals surface area contributed by atoms with Crippen LogP contribution in [0.15, 0.2) is 72.4 Å². The van der Waals surface area contributed by atoms with E-state index < -0.39 is 0 Å². The number of para-hydroxylation sites is 2. The molecule has 3 aromatic rings. The van der Waals surface area contributed by atoms with Crippen LogP contribution in [0.4, 0.5) is 5.69 Å². The zero-order valence-corrected chi connectivity index (χ0v) is 11.5. The van der Waals surface area contributed by atoms with E-state index in [0.29, 0.717) is 0 Å². The molecule has 2 aromatic carbocycles. The molecule has 4 rings (SSSR count). The fourth-order valence-electron chi connectivity index (χ4n) is 2.54. The van der Waals surface area contributed by atoms with E-state index in [9.17, 15) is 0 Å². The van der Waals surface area contributed by atoms with Crippen LogP contribution in [-0.4, -0.2) is 4.98 Å². The Morgan fingerprint density at radius 2 is 1.67 bits per heavy atom. The van der Waals surface area contributed by atoms with Gasteiger partial charge in [0.1, 0.15) is 0 Å². The molecule has 1 aliphatic heterocycles. The Morgan fingerprint density at radius 3 is 2.67 bits per heavy atom. The molecule has 0 atom stereocenters. The van der Waals surface area contributed by atoms with Gasteiger partial charge in [0, 0.05) is 16.8 Å². The van der Waals surface area contributed by atoms with Gasteiger partial charge >= 0.3 is 0 Å². The van der Waals surface area contributed by atoms with Gasteiger partial charge in [-0.15, -0.1) is 0 Å². The normalized spacial score (nSPS) is 15.0. The first kappa shape index (κ1) is 11.9. The van der Waals surface area contributed by atoms with Gasteiger partial charge in [0.2, 0.25) is 0 Å². The van der Waals surface area contributed by atoms with Gasteiger partial charge < -0.3 is 5.32 Å². The fourth-order valence-corrected chi connectivity index (χ4v) is 2.54. The average molecular weight is 270 g/mol. The number of allylic oxidation sites excluding steroid dienone is 1. The second-order valence-corrected chi connectivity index (χ2v) is 5.07. The van der Waals surface area contributed by atoms with Crippen LogP contribution in [0.5, 0.6) is 0 Å². The van der Waals surface area contributed by atoms with Crippen molar-refractivity contribution in [2.75, 3.05) is 5.32 Å². The molecular weight excluding hydrogens is 256 g/mol.